The molecule has 6 rings (SSSR count). The summed E-state index contributed by atoms with van der Waals surface area (Å²) in [6.45, 7) is 4.45. The summed E-state index contributed by atoms with van der Waals surface area (Å²) in [6.07, 6.45) is 2.17. The van der Waals surface area contributed by atoms with E-state index in [2.05, 4.69) is 6.92 Å². The van der Waals surface area contributed by atoms with E-state index in [1.165, 1.54) is 0 Å². The number of fused-ring (bicyclic) bond motifs is 2. The van der Waals surface area contributed by atoms with Crippen molar-refractivity contribution in [1.82, 2.24) is 9.80 Å². The van der Waals surface area contributed by atoms with Crippen molar-refractivity contribution in [3.63, 3.8) is 0 Å². The van der Waals surface area contributed by atoms with E-state index in [-0.39, 0.29) is 31.1 Å². The van der Waals surface area contributed by atoms with Crippen LogP contribution in [-0.4, -0.2) is 71.7 Å². The van der Waals surface area contributed by atoms with Crippen molar-refractivity contribution in [2.75, 3.05) is 37.9 Å². The average molecular weight is 613 g/mol. The molecule has 1 saturated heterocycles. The number of anilines is 1. The lowest BCUT2D eigenvalue weighted by atomic mass is 9.84. The summed E-state index contributed by atoms with van der Waals surface area (Å²) in [5.41, 5.74) is 10.1. The van der Waals surface area contributed by atoms with Gasteiger partial charge in [-0.05, 0) is 59.9 Å². The Morgan fingerprint density at radius 3 is 2.64 bits per heavy atom. The van der Waals surface area contributed by atoms with Crippen LogP contribution < -0.4 is 20.1 Å². The molecule has 3 aliphatic heterocycles. The Kier molecular flexibility index (Phi) is 9.04. The average Bonchev–Trinajstić information content (AvgIpc) is 3.75. The Morgan fingerprint density at radius 1 is 1.04 bits per heavy atom. The number of hydrogen-bond donors (Lipinski definition) is 2. The monoisotopic (exact) mass is 612 g/mol. The Hall–Kier alpha value is -4.41. The van der Waals surface area contributed by atoms with E-state index < -0.39 is 17.9 Å². The molecule has 0 spiro atoms. The zero-order valence-electron chi connectivity index (χ0n) is 25.6. The number of likely N-dealkylation sites (tertiary alicyclic amines) is 1. The first-order valence-corrected chi connectivity index (χ1v) is 15.7. The van der Waals surface area contributed by atoms with Crippen molar-refractivity contribution >= 4 is 23.5 Å². The molecule has 0 saturated carbocycles. The van der Waals surface area contributed by atoms with Crippen molar-refractivity contribution < 1.29 is 29.0 Å². The number of carboxylic acids is 1. The van der Waals surface area contributed by atoms with Crippen molar-refractivity contribution in [3.05, 3.63) is 89.0 Å². The Balaban J connectivity index is 1.28. The summed E-state index contributed by atoms with van der Waals surface area (Å²) in [5, 5.41) is 10.6. The van der Waals surface area contributed by atoms with Gasteiger partial charge in [-0.2, -0.15) is 0 Å². The molecule has 3 atom stereocenters. The van der Waals surface area contributed by atoms with Gasteiger partial charge in [-0.3, -0.25) is 19.3 Å². The first-order valence-electron chi connectivity index (χ1n) is 15.7. The van der Waals surface area contributed by atoms with Gasteiger partial charge in [0.2, 0.25) is 12.7 Å². The lowest BCUT2D eigenvalue weighted by Crippen LogP contribution is -2.45. The molecule has 3 N–H and O–H groups in total. The van der Waals surface area contributed by atoms with Gasteiger partial charge in [0.05, 0.1) is 12.5 Å². The number of benzene rings is 3. The minimum Gasteiger partial charge on any atom is -0.481 e. The Morgan fingerprint density at radius 2 is 1.87 bits per heavy atom. The molecular formula is C35H40N4O6. The Bertz CT molecular complexity index is 1580. The zero-order chi connectivity index (χ0) is 31.5. The predicted molar refractivity (Wildman–Crippen MR) is 169 cm³/mol. The molecule has 45 heavy (non-hydrogen) atoms. The van der Waals surface area contributed by atoms with Gasteiger partial charge in [-0.15, -0.1) is 0 Å². The topological polar surface area (TPSA) is 126 Å². The SMILES string of the molecule is CCCCN(C(=O)CN1C[C@H](c2ccc3c(c2)OCO3)[C@@H](C(=O)O)[C@@H]1CCN1Cc2ccccc2C1=O)c1cccc(CN)c1. The van der Waals surface area contributed by atoms with Crippen LogP contribution in [0.4, 0.5) is 5.69 Å². The number of carboxylic acid groups (broad SMARTS) is 1. The van der Waals surface area contributed by atoms with Crippen LogP contribution in [0.15, 0.2) is 66.7 Å². The molecule has 3 aromatic carbocycles. The number of nitrogens with two attached hydrogens (primary N) is 1. The third-order valence-electron chi connectivity index (χ3n) is 9.28. The van der Waals surface area contributed by atoms with Crippen molar-refractivity contribution in [2.24, 2.45) is 11.7 Å². The van der Waals surface area contributed by atoms with E-state index in [1.54, 1.807) is 9.80 Å². The number of carbonyl (C=O) groups excluding carboxylic acids is 2. The molecule has 0 unspecified atom stereocenters. The molecule has 3 aliphatic rings. The first-order chi connectivity index (χ1) is 21.9. The number of carbonyl (C=O) groups is 3. The third-order valence-corrected chi connectivity index (χ3v) is 9.28. The fraction of sp³-hybridized carbons (Fsp3) is 0.400. The summed E-state index contributed by atoms with van der Waals surface area (Å²) < 4.78 is 11.1. The minimum absolute atomic E-state index is 0.0454. The van der Waals surface area contributed by atoms with Crippen LogP contribution in [0.2, 0.25) is 0 Å². The summed E-state index contributed by atoms with van der Waals surface area (Å²) in [7, 11) is 0. The van der Waals surface area contributed by atoms with Gasteiger partial charge in [0.15, 0.2) is 11.5 Å². The van der Waals surface area contributed by atoms with Crippen molar-refractivity contribution in [2.45, 2.75) is 51.2 Å². The van der Waals surface area contributed by atoms with Crippen LogP contribution >= 0.6 is 0 Å². The second kappa shape index (κ2) is 13.3. The van der Waals surface area contributed by atoms with Crippen LogP contribution in [0.5, 0.6) is 11.5 Å². The van der Waals surface area contributed by atoms with Gasteiger partial charge >= 0.3 is 5.97 Å². The maximum absolute atomic E-state index is 14.1. The van der Waals surface area contributed by atoms with E-state index in [0.29, 0.717) is 56.2 Å². The van der Waals surface area contributed by atoms with E-state index in [0.717, 1.165) is 35.2 Å². The number of ether oxygens (including phenoxy) is 2. The molecule has 0 aliphatic carbocycles. The van der Waals surface area contributed by atoms with Gasteiger partial charge in [-0.25, -0.2) is 0 Å². The van der Waals surface area contributed by atoms with Crippen LogP contribution in [0, 0.1) is 5.92 Å². The lowest BCUT2D eigenvalue weighted by molar-refractivity contribution is -0.143. The highest BCUT2D eigenvalue weighted by atomic mass is 16.7. The third kappa shape index (κ3) is 6.25. The molecule has 1 fully saturated rings. The molecule has 0 bridgehead atoms. The van der Waals surface area contributed by atoms with Crippen LogP contribution in [0.1, 0.15) is 59.2 Å². The normalized spacial score (nSPS) is 20.4. The smallest absolute Gasteiger partial charge is 0.308 e. The number of nitrogens with zero attached hydrogens (tertiary/aromatic N) is 3. The maximum atomic E-state index is 14.1. The molecule has 10 heteroatoms. The van der Waals surface area contributed by atoms with Gasteiger partial charge < -0.3 is 30.1 Å². The van der Waals surface area contributed by atoms with E-state index in [9.17, 15) is 19.5 Å². The second-order valence-corrected chi connectivity index (χ2v) is 12.0. The lowest BCUT2D eigenvalue weighted by Gasteiger charge is -2.31. The highest BCUT2D eigenvalue weighted by Crippen LogP contribution is 2.43. The Labute approximate surface area is 263 Å². The zero-order valence-corrected chi connectivity index (χ0v) is 25.6. The predicted octanol–water partition coefficient (Wildman–Crippen LogP) is 4.22. The molecule has 3 aromatic rings. The molecule has 0 radical (unpaired) electrons. The summed E-state index contributed by atoms with van der Waals surface area (Å²) in [4.78, 5) is 45.8. The van der Waals surface area contributed by atoms with Gasteiger partial charge in [0.1, 0.15) is 0 Å². The molecular weight excluding hydrogens is 572 g/mol. The number of rotatable bonds is 12. The summed E-state index contributed by atoms with van der Waals surface area (Å²) in [5.74, 6) is -1.01. The minimum atomic E-state index is -0.924. The van der Waals surface area contributed by atoms with Crippen molar-refractivity contribution in [1.29, 1.82) is 0 Å². The standard InChI is InChI=1S/C35H40N4O6/c1-2-3-14-39(26-9-6-7-23(16-26)18-36)32(40)21-38-20-28(24-11-12-30-31(17-24)45-22-44-30)33(35(42)43)29(38)13-15-37-19-25-8-4-5-10-27(25)34(37)41/h4-12,16-17,28-29,33H,2-3,13-15,18-22,36H2,1H3,(H,42,43)/t28-,29+,33-/m1/s1. The molecule has 236 valence electrons. The number of unbranched alkanes of at least 4 members (excludes halogenated alkanes) is 1. The summed E-state index contributed by atoms with van der Waals surface area (Å²) in [6, 6.07) is 20.4. The number of aliphatic carboxylic acids is 1. The fourth-order valence-electron chi connectivity index (χ4n) is 6.94. The van der Waals surface area contributed by atoms with Crippen LogP contribution in [0.3, 0.4) is 0 Å². The van der Waals surface area contributed by atoms with Crippen molar-refractivity contribution in [3.8, 4) is 11.5 Å². The number of amides is 2. The highest BCUT2D eigenvalue weighted by Gasteiger charge is 2.48. The molecule has 2 amide bonds. The van der Waals surface area contributed by atoms with Gasteiger partial charge in [0.25, 0.3) is 5.91 Å². The summed E-state index contributed by atoms with van der Waals surface area (Å²) >= 11 is 0. The highest BCUT2D eigenvalue weighted by molar-refractivity contribution is 5.98. The van der Waals surface area contributed by atoms with Gasteiger partial charge in [0, 0.05) is 55.9 Å². The van der Waals surface area contributed by atoms with Crippen LogP contribution in [0.25, 0.3) is 0 Å². The molecule has 10 nitrogen and oxygen atoms in total. The first kappa shape index (κ1) is 30.6. The van der Waals surface area contributed by atoms with Crippen LogP contribution in [-0.2, 0) is 22.7 Å². The fourth-order valence-corrected chi connectivity index (χ4v) is 6.94. The van der Waals surface area contributed by atoms with E-state index in [4.69, 9.17) is 15.2 Å². The molecule has 3 heterocycles. The van der Waals surface area contributed by atoms with Gasteiger partial charge in [-0.1, -0.05) is 49.7 Å². The van der Waals surface area contributed by atoms with E-state index >= 15 is 0 Å². The second-order valence-electron chi connectivity index (χ2n) is 12.0. The molecule has 0 aromatic heterocycles. The van der Waals surface area contributed by atoms with E-state index in [1.807, 2.05) is 71.6 Å². The maximum Gasteiger partial charge on any atom is 0.308 e. The number of hydrogen-bond acceptors (Lipinski definition) is 7. The quantitative estimate of drug-likeness (QED) is 0.312. The largest absolute Gasteiger partial charge is 0.481 e.